The minimum absolute atomic E-state index is 0.210. The predicted octanol–water partition coefficient (Wildman–Crippen LogP) is 5.57. The number of carbonyl (C=O) groups excluding carboxylic acids is 1. The lowest BCUT2D eigenvalue weighted by Crippen LogP contribution is -2.04. The van der Waals surface area contributed by atoms with Crippen molar-refractivity contribution in [3.8, 4) is 5.75 Å². The predicted molar refractivity (Wildman–Crippen MR) is 104 cm³/mol. The summed E-state index contributed by atoms with van der Waals surface area (Å²) in [6.07, 6.45) is 1.83. The molecule has 0 saturated heterocycles. The second-order valence-corrected chi connectivity index (χ2v) is 7.24. The third kappa shape index (κ3) is 3.24. The van der Waals surface area contributed by atoms with Gasteiger partial charge >= 0.3 is 0 Å². The molecule has 0 unspecified atom stereocenters. The molecule has 4 heteroatoms. The Balaban J connectivity index is 2.18. The number of halogens is 1. The van der Waals surface area contributed by atoms with Crippen LogP contribution in [0, 0.1) is 5.82 Å². The summed E-state index contributed by atoms with van der Waals surface area (Å²) in [5, 5.41) is 2.79. The van der Waals surface area contributed by atoms with Gasteiger partial charge in [0.15, 0.2) is 0 Å². The number of ether oxygens (including phenoxy) is 1. The Morgan fingerprint density at radius 3 is 2.19 bits per heavy atom. The maximum Gasteiger partial charge on any atom is 0.256 e. The van der Waals surface area contributed by atoms with Crippen molar-refractivity contribution in [1.82, 2.24) is 0 Å². The molecule has 1 aliphatic rings. The van der Waals surface area contributed by atoms with E-state index in [1.807, 2.05) is 18.2 Å². The average Bonchev–Trinajstić information content (AvgIpc) is 2.89. The molecule has 0 atom stereocenters. The van der Waals surface area contributed by atoms with Gasteiger partial charge in [0, 0.05) is 16.8 Å². The van der Waals surface area contributed by atoms with Crippen molar-refractivity contribution in [3.05, 3.63) is 58.4 Å². The fourth-order valence-corrected chi connectivity index (χ4v) is 3.35. The molecule has 0 fully saturated rings. The van der Waals surface area contributed by atoms with Crippen molar-refractivity contribution in [1.29, 1.82) is 0 Å². The van der Waals surface area contributed by atoms with E-state index in [0.717, 1.165) is 22.4 Å². The Labute approximate surface area is 153 Å². The Kier molecular flexibility index (Phi) is 4.86. The van der Waals surface area contributed by atoms with E-state index in [0.29, 0.717) is 16.8 Å². The summed E-state index contributed by atoms with van der Waals surface area (Å²) in [7, 11) is 1.69. The SMILES string of the molecule is COc1c(C(C)C)cc(/C=C2\C(=O)Nc3ccc(F)cc32)cc1C(C)C. The van der Waals surface area contributed by atoms with Gasteiger partial charge in [-0.25, -0.2) is 4.39 Å². The molecule has 3 rings (SSSR count). The highest BCUT2D eigenvalue weighted by atomic mass is 19.1. The van der Waals surface area contributed by atoms with E-state index in [2.05, 4.69) is 33.0 Å². The molecule has 1 N–H and O–H groups in total. The molecule has 0 aliphatic carbocycles. The zero-order valence-corrected chi connectivity index (χ0v) is 15.8. The number of amides is 1. The highest BCUT2D eigenvalue weighted by Crippen LogP contribution is 2.38. The first kappa shape index (κ1) is 18.2. The van der Waals surface area contributed by atoms with E-state index < -0.39 is 0 Å². The van der Waals surface area contributed by atoms with E-state index in [-0.39, 0.29) is 23.6 Å². The van der Waals surface area contributed by atoms with Crippen LogP contribution < -0.4 is 10.1 Å². The number of anilines is 1. The Hall–Kier alpha value is -2.62. The Morgan fingerprint density at radius 1 is 1.04 bits per heavy atom. The molecular formula is C22H24FNO2. The number of rotatable bonds is 4. The first-order chi connectivity index (χ1) is 12.3. The third-order valence-electron chi connectivity index (χ3n) is 4.69. The van der Waals surface area contributed by atoms with Gasteiger partial charge in [-0.3, -0.25) is 4.79 Å². The van der Waals surface area contributed by atoms with Crippen LogP contribution in [-0.2, 0) is 4.79 Å². The van der Waals surface area contributed by atoms with Crippen molar-refractivity contribution in [2.24, 2.45) is 0 Å². The first-order valence-electron chi connectivity index (χ1n) is 8.86. The second-order valence-electron chi connectivity index (χ2n) is 7.24. The average molecular weight is 353 g/mol. The molecule has 3 nitrogen and oxygen atoms in total. The molecule has 0 aromatic heterocycles. The monoisotopic (exact) mass is 353 g/mol. The zero-order valence-electron chi connectivity index (χ0n) is 15.8. The Morgan fingerprint density at radius 2 is 1.65 bits per heavy atom. The highest BCUT2D eigenvalue weighted by molar-refractivity contribution is 6.34. The summed E-state index contributed by atoms with van der Waals surface area (Å²) in [5.41, 5.74) is 4.84. The van der Waals surface area contributed by atoms with Crippen molar-refractivity contribution >= 4 is 23.2 Å². The van der Waals surface area contributed by atoms with Gasteiger partial charge in [0.1, 0.15) is 11.6 Å². The maximum atomic E-state index is 13.7. The molecule has 1 amide bonds. The lowest BCUT2D eigenvalue weighted by molar-refractivity contribution is -0.110. The van der Waals surface area contributed by atoms with E-state index in [4.69, 9.17) is 4.74 Å². The molecule has 0 bridgehead atoms. The summed E-state index contributed by atoms with van der Waals surface area (Å²) in [4.78, 5) is 12.4. The van der Waals surface area contributed by atoms with Gasteiger partial charge in [-0.2, -0.15) is 0 Å². The number of nitrogens with one attached hydrogen (secondary N) is 1. The number of methoxy groups -OCH3 is 1. The number of hydrogen-bond donors (Lipinski definition) is 1. The van der Waals surface area contributed by atoms with Crippen LogP contribution in [-0.4, -0.2) is 13.0 Å². The fourth-order valence-electron chi connectivity index (χ4n) is 3.35. The lowest BCUT2D eigenvalue weighted by atomic mass is 9.90. The molecule has 0 spiro atoms. The van der Waals surface area contributed by atoms with Gasteiger partial charge in [0.05, 0.1) is 7.11 Å². The normalized spacial score (nSPS) is 14.9. The molecular weight excluding hydrogens is 329 g/mol. The number of benzene rings is 2. The van der Waals surface area contributed by atoms with Gasteiger partial charge < -0.3 is 10.1 Å². The molecule has 26 heavy (non-hydrogen) atoms. The molecule has 0 saturated carbocycles. The Bertz CT molecular complexity index is 868. The smallest absolute Gasteiger partial charge is 0.256 e. The largest absolute Gasteiger partial charge is 0.496 e. The van der Waals surface area contributed by atoms with Crippen LogP contribution in [0.3, 0.4) is 0 Å². The molecule has 2 aromatic carbocycles. The van der Waals surface area contributed by atoms with E-state index >= 15 is 0 Å². The van der Waals surface area contributed by atoms with Gasteiger partial charge in [-0.05, 0) is 64.9 Å². The first-order valence-corrected chi connectivity index (χ1v) is 8.86. The minimum Gasteiger partial charge on any atom is -0.496 e. The van der Waals surface area contributed by atoms with Crippen molar-refractivity contribution in [2.45, 2.75) is 39.5 Å². The van der Waals surface area contributed by atoms with Gasteiger partial charge in [-0.15, -0.1) is 0 Å². The van der Waals surface area contributed by atoms with Crippen molar-refractivity contribution < 1.29 is 13.9 Å². The van der Waals surface area contributed by atoms with Gasteiger partial charge in [0.2, 0.25) is 0 Å². The van der Waals surface area contributed by atoms with Gasteiger partial charge in [0.25, 0.3) is 5.91 Å². The van der Waals surface area contributed by atoms with Crippen molar-refractivity contribution in [2.75, 3.05) is 12.4 Å². The molecule has 136 valence electrons. The molecule has 1 heterocycles. The maximum absolute atomic E-state index is 13.7. The van der Waals surface area contributed by atoms with Crippen LogP contribution in [0.25, 0.3) is 11.6 Å². The second kappa shape index (κ2) is 6.94. The van der Waals surface area contributed by atoms with Crippen LogP contribution in [0.2, 0.25) is 0 Å². The molecule has 0 radical (unpaired) electrons. The molecule has 2 aromatic rings. The molecule has 1 aliphatic heterocycles. The van der Waals surface area contributed by atoms with E-state index in [1.165, 1.54) is 12.1 Å². The van der Waals surface area contributed by atoms with Crippen LogP contribution in [0.1, 0.15) is 61.8 Å². The van der Waals surface area contributed by atoms with Crippen LogP contribution >= 0.6 is 0 Å². The lowest BCUT2D eigenvalue weighted by Gasteiger charge is -2.19. The summed E-state index contributed by atoms with van der Waals surface area (Å²) < 4.78 is 19.3. The quantitative estimate of drug-likeness (QED) is 0.729. The van der Waals surface area contributed by atoms with Crippen molar-refractivity contribution in [3.63, 3.8) is 0 Å². The fraction of sp³-hybridized carbons (Fsp3) is 0.318. The highest BCUT2D eigenvalue weighted by Gasteiger charge is 2.25. The number of hydrogen-bond acceptors (Lipinski definition) is 2. The summed E-state index contributed by atoms with van der Waals surface area (Å²) in [6.45, 7) is 8.47. The third-order valence-corrected chi connectivity index (χ3v) is 4.69. The zero-order chi connectivity index (χ0) is 19.0. The van der Waals surface area contributed by atoms with Crippen LogP contribution in [0.4, 0.5) is 10.1 Å². The van der Waals surface area contributed by atoms with Crippen LogP contribution in [0.15, 0.2) is 30.3 Å². The number of fused-ring (bicyclic) bond motifs is 1. The summed E-state index contributed by atoms with van der Waals surface area (Å²) >= 11 is 0. The standard InChI is InChI=1S/C22H24FNO2/c1-12(2)16-8-14(9-17(13(3)4)21(16)26-5)10-19-18-11-15(23)6-7-20(18)24-22(19)25/h6-13H,1-5H3,(H,24,25)/b19-10-. The van der Waals surface area contributed by atoms with Crippen LogP contribution in [0.5, 0.6) is 5.75 Å². The number of carbonyl (C=O) groups is 1. The van der Waals surface area contributed by atoms with E-state index in [1.54, 1.807) is 13.2 Å². The van der Waals surface area contributed by atoms with E-state index in [9.17, 15) is 9.18 Å². The minimum atomic E-state index is -0.355. The summed E-state index contributed by atoms with van der Waals surface area (Å²) in [5.74, 6) is 0.899. The topological polar surface area (TPSA) is 38.3 Å². The summed E-state index contributed by atoms with van der Waals surface area (Å²) in [6, 6.07) is 8.44. The van der Waals surface area contributed by atoms with Gasteiger partial charge in [-0.1, -0.05) is 27.7 Å².